The van der Waals surface area contributed by atoms with Crippen LogP contribution in [0.5, 0.6) is 0 Å². The van der Waals surface area contributed by atoms with Gasteiger partial charge in [0.2, 0.25) is 0 Å². The van der Waals surface area contributed by atoms with E-state index < -0.39 is 17.5 Å². The van der Waals surface area contributed by atoms with Crippen LogP contribution in [0.4, 0.5) is 13.2 Å². The fraction of sp³-hybridized carbons (Fsp3) is 0.280. The van der Waals surface area contributed by atoms with Crippen molar-refractivity contribution in [1.82, 2.24) is 0 Å². The predicted octanol–water partition coefficient (Wildman–Crippen LogP) is 7.53. The normalized spacial score (nSPS) is 18.9. The Labute approximate surface area is 195 Å². The molecule has 0 aromatic heterocycles. The Kier molecular flexibility index (Phi) is 7.34. The molecule has 0 spiro atoms. The zero-order chi connectivity index (χ0) is 19.7. The van der Waals surface area contributed by atoms with Crippen LogP contribution in [-0.4, -0.2) is 0 Å². The van der Waals surface area contributed by atoms with Crippen molar-refractivity contribution in [1.29, 1.82) is 0 Å². The molecule has 0 unspecified atom stereocenters. The Morgan fingerprint density at radius 3 is 1.90 bits per heavy atom. The largest absolute Gasteiger partial charge is 0.236 e. The molecule has 29 heavy (non-hydrogen) atoms. The molecule has 0 heterocycles. The molecule has 3 aromatic carbocycles. The summed E-state index contributed by atoms with van der Waals surface area (Å²) in [5.74, 6) is -0.754. The van der Waals surface area contributed by atoms with E-state index in [0.29, 0.717) is 5.92 Å². The van der Waals surface area contributed by atoms with Crippen molar-refractivity contribution >= 4 is 0 Å². The summed E-state index contributed by atoms with van der Waals surface area (Å²) in [5, 5.41) is 0. The summed E-state index contributed by atoms with van der Waals surface area (Å²) in [6.45, 7) is 2.31. The summed E-state index contributed by atoms with van der Waals surface area (Å²) >= 11 is 0. The van der Waals surface area contributed by atoms with Crippen LogP contribution in [0.1, 0.15) is 44.1 Å². The van der Waals surface area contributed by atoms with E-state index in [0.717, 1.165) is 29.2 Å². The number of hydrogen-bond acceptors (Lipinski definition) is 0. The number of hydrogen-bond donors (Lipinski definition) is 0. The van der Waals surface area contributed by atoms with E-state index in [1.54, 1.807) is 12.1 Å². The molecule has 1 saturated carbocycles. The second-order valence-electron chi connectivity index (χ2n) is 7.84. The molecule has 0 saturated heterocycles. The molecule has 147 valence electrons. The van der Waals surface area contributed by atoms with E-state index in [1.165, 1.54) is 37.3 Å². The fourth-order valence-electron chi connectivity index (χ4n) is 4.13. The Morgan fingerprint density at radius 2 is 1.31 bits per heavy atom. The summed E-state index contributed by atoms with van der Waals surface area (Å²) in [5.41, 5.74) is 3.35. The van der Waals surface area contributed by atoms with Gasteiger partial charge in [0.15, 0.2) is 0 Å². The van der Waals surface area contributed by atoms with Gasteiger partial charge in [-0.3, -0.25) is 0 Å². The van der Waals surface area contributed by atoms with E-state index in [1.807, 2.05) is 18.2 Å². The predicted molar refractivity (Wildman–Crippen MR) is 106 cm³/mol. The number of benzene rings is 3. The van der Waals surface area contributed by atoms with Crippen LogP contribution in [0.25, 0.3) is 22.3 Å². The van der Waals surface area contributed by atoms with Crippen LogP contribution in [0.2, 0.25) is 0 Å². The molecule has 0 aliphatic heterocycles. The van der Waals surface area contributed by atoms with Gasteiger partial charge in [0.1, 0.15) is 5.82 Å². The van der Waals surface area contributed by atoms with Crippen LogP contribution >= 0.6 is 0 Å². The van der Waals surface area contributed by atoms with Crippen LogP contribution in [0.15, 0.2) is 54.6 Å². The van der Waals surface area contributed by atoms with Crippen LogP contribution < -0.4 is 0 Å². The van der Waals surface area contributed by atoms with Gasteiger partial charge in [-0.1, -0.05) is 56.2 Å². The van der Waals surface area contributed by atoms with E-state index >= 15 is 0 Å². The minimum atomic E-state index is -0.842. The fourth-order valence-corrected chi connectivity index (χ4v) is 4.13. The van der Waals surface area contributed by atoms with Gasteiger partial charge in [-0.05, 0) is 53.0 Å². The first-order valence-electron chi connectivity index (χ1n) is 9.78. The van der Waals surface area contributed by atoms with Gasteiger partial charge in [-0.15, -0.1) is 23.8 Å². The third kappa shape index (κ3) is 5.19. The maximum absolute atomic E-state index is 14.6. The van der Waals surface area contributed by atoms with Gasteiger partial charge in [-0.2, -0.15) is 0 Å². The number of halogens is 3. The molecule has 0 atom stereocenters. The van der Waals surface area contributed by atoms with E-state index in [2.05, 4.69) is 19.1 Å². The smallest absolute Gasteiger partial charge is 0.129 e. The van der Waals surface area contributed by atoms with Crippen molar-refractivity contribution < 1.29 is 45.9 Å². The quantitative estimate of drug-likeness (QED) is 0.349. The SMILES string of the molecule is CC1CCC(c2ccc(-c3ccc(-c4cc(F)[c-]c(F)c4)c(F)c3)cc2)CC1.[Y]. The Bertz CT molecular complexity index is 954. The molecule has 4 rings (SSSR count). The minimum Gasteiger partial charge on any atom is -0.236 e. The maximum atomic E-state index is 14.6. The first-order valence-corrected chi connectivity index (χ1v) is 9.78. The van der Waals surface area contributed by atoms with Gasteiger partial charge in [0, 0.05) is 44.3 Å². The molecule has 3 aromatic rings. The van der Waals surface area contributed by atoms with Gasteiger partial charge < -0.3 is 0 Å². The molecule has 0 bridgehead atoms. The standard InChI is InChI=1S/C25H22F3.Y/c1-16-2-4-17(5-3-16)18-6-8-19(9-7-18)20-10-11-24(25(28)14-20)21-12-22(26)15-23(27)13-21;/h6-14,16-17H,2-5H2,1H3;/q-1;. The second-order valence-corrected chi connectivity index (χ2v) is 7.84. The first kappa shape index (κ1) is 22.2. The van der Waals surface area contributed by atoms with Crippen LogP contribution in [0.3, 0.4) is 0 Å². The summed E-state index contributed by atoms with van der Waals surface area (Å²) < 4.78 is 41.4. The van der Waals surface area contributed by atoms with E-state index in [9.17, 15) is 13.2 Å². The molecular weight excluding hydrogens is 446 g/mol. The van der Waals surface area contributed by atoms with E-state index in [4.69, 9.17) is 0 Å². The van der Waals surface area contributed by atoms with Gasteiger partial charge >= 0.3 is 0 Å². The van der Waals surface area contributed by atoms with Crippen molar-refractivity contribution in [2.24, 2.45) is 5.92 Å². The molecule has 4 heteroatoms. The Hall–Kier alpha value is -1.45. The molecule has 1 aliphatic carbocycles. The van der Waals surface area contributed by atoms with E-state index in [-0.39, 0.29) is 43.8 Å². The van der Waals surface area contributed by atoms with Gasteiger partial charge in [0.25, 0.3) is 0 Å². The van der Waals surface area contributed by atoms with Crippen LogP contribution in [-0.2, 0) is 32.7 Å². The Morgan fingerprint density at radius 1 is 0.724 bits per heavy atom. The van der Waals surface area contributed by atoms with Crippen molar-refractivity contribution in [3.8, 4) is 22.3 Å². The van der Waals surface area contributed by atoms with Crippen molar-refractivity contribution in [2.75, 3.05) is 0 Å². The Balaban J connectivity index is 0.00000240. The van der Waals surface area contributed by atoms with Crippen molar-refractivity contribution in [3.05, 3.63) is 83.7 Å². The third-order valence-electron chi connectivity index (χ3n) is 5.81. The van der Waals surface area contributed by atoms with Gasteiger partial charge in [-0.25, -0.2) is 13.2 Å². The molecule has 1 aliphatic rings. The molecular formula is C25H22F3Y-. The summed E-state index contributed by atoms with van der Waals surface area (Å²) in [4.78, 5) is 0. The average Bonchev–Trinajstić information content (AvgIpc) is 2.68. The summed E-state index contributed by atoms with van der Waals surface area (Å²) in [6, 6.07) is 17.2. The van der Waals surface area contributed by atoms with Crippen molar-refractivity contribution in [2.45, 2.75) is 38.5 Å². The first-order chi connectivity index (χ1) is 13.5. The topological polar surface area (TPSA) is 0 Å². The monoisotopic (exact) mass is 468 g/mol. The minimum absolute atomic E-state index is 0. The molecule has 1 fully saturated rings. The molecule has 1 radical (unpaired) electrons. The summed E-state index contributed by atoms with van der Waals surface area (Å²) in [7, 11) is 0. The maximum Gasteiger partial charge on any atom is 0.129 e. The molecule has 0 nitrogen and oxygen atoms in total. The van der Waals surface area contributed by atoms with Crippen molar-refractivity contribution in [3.63, 3.8) is 0 Å². The van der Waals surface area contributed by atoms with Gasteiger partial charge in [0.05, 0.1) is 0 Å². The van der Waals surface area contributed by atoms with Crippen LogP contribution in [0, 0.1) is 29.4 Å². The number of rotatable bonds is 3. The zero-order valence-corrected chi connectivity index (χ0v) is 19.2. The summed E-state index contributed by atoms with van der Waals surface area (Å²) in [6.07, 6.45) is 5.01. The second kappa shape index (κ2) is 9.58. The molecule has 0 amide bonds. The average molecular weight is 468 g/mol. The molecule has 0 N–H and O–H groups in total. The third-order valence-corrected chi connectivity index (χ3v) is 5.81. The zero-order valence-electron chi connectivity index (χ0n) is 16.4.